The molecule has 2 aromatic carbocycles. The molecule has 0 aliphatic carbocycles. The van der Waals surface area contributed by atoms with Gasteiger partial charge in [-0.05, 0) is 48.0 Å². The molecule has 0 atom stereocenters. The fourth-order valence-electron chi connectivity index (χ4n) is 2.08. The largest absolute Gasteiger partial charge is 0.484 e. The van der Waals surface area contributed by atoms with Gasteiger partial charge in [0.15, 0.2) is 12.4 Å². The van der Waals surface area contributed by atoms with Crippen molar-refractivity contribution in [3.8, 4) is 5.75 Å². The second-order valence-electron chi connectivity index (χ2n) is 5.92. The molecule has 0 heterocycles. The van der Waals surface area contributed by atoms with E-state index >= 15 is 0 Å². The Balaban J connectivity index is 2.02. The molecular weight excluding hydrogens is 359 g/mol. The van der Waals surface area contributed by atoms with Gasteiger partial charge >= 0.3 is 6.18 Å². The first-order valence-electron chi connectivity index (χ1n) is 7.99. The van der Waals surface area contributed by atoms with Crippen LogP contribution in [0.4, 0.5) is 13.2 Å². The summed E-state index contributed by atoms with van der Waals surface area (Å²) in [6.07, 6.45) is -1.89. The maximum atomic E-state index is 12.7. The number of halogens is 3. The van der Waals surface area contributed by atoms with Crippen molar-refractivity contribution in [2.24, 2.45) is 0 Å². The molecule has 1 amide bonds. The molecule has 0 aliphatic heterocycles. The molecule has 0 aliphatic rings. The lowest BCUT2D eigenvalue weighted by Crippen LogP contribution is -2.27. The SMILES string of the molecule is CN(C)C(=O)COc1ccc(C(=O)/C=C/c2cccc(C(F)(F)F)c2)cc1. The number of alkyl halides is 3. The lowest BCUT2D eigenvalue weighted by Gasteiger charge is -2.11. The number of amides is 1. The predicted octanol–water partition coefficient (Wildman–Crippen LogP) is 4.07. The van der Waals surface area contributed by atoms with Crippen LogP contribution in [0.3, 0.4) is 0 Å². The Morgan fingerprint density at radius 3 is 2.33 bits per heavy atom. The topological polar surface area (TPSA) is 46.6 Å². The van der Waals surface area contributed by atoms with Gasteiger partial charge in [-0.2, -0.15) is 13.2 Å². The Morgan fingerprint density at radius 2 is 1.74 bits per heavy atom. The number of ketones is 1. The standard InChI is InChI=1S/C20H18F3NO3/c1-24(2)19(26)13-27-17-9-7-15(8-10-17)18(25)11-6-14-4-3-5-16(12-14)20(21,22)23/h3-12H,13H2,1-2H3/b11-6+. The van der Waals surface area contributed by atoms with Crippen LogP contribution in [0.25, 0.3) is 6.08 Å². The number of benzene rings is 2. The van der Waals surface area contributed by atoms with E-state index in [2.05, 4.69) is 0 Å². The Morgan fingerprint density at radius 1 is 1.07 bits per heavy atom. The molecule has 0 N–H and O–H groups in total. The van der Waals surface area contributed by atoms with E-state index in [9.17, 15) is 22.8 Å². The minimum absolute atomic E-state index is 0.115. The molecule has 0 radical (unpaired) electrons. The van der Waals surface area contributed by atoms with Crippen molar-refractivity contribution in [3.63, 3.8) is 0 Å². The lowest BCUT2D eigenvalue weighted by atomic mass is 10.1. The average molecular weight is 377 g/mol. The summed E-state index contributed by atoms with van der Waals surface area (Å²) in [5, 5.41) is 0. The second-order valence-corrected chi connectivity index (χ2v) is 5.92. The summed E-state index contributed by atoms with van der Waals surface area (Å²) in [5.74, 6) is -0.119. The summed E-state index contributed by atoms with van der Waals surface area (Å²) in [6.45, 7) is -0.115. The van der Waals surface area contributed by atoms with Gasteiger partial charge in [0.1, 0.15) is 5.75 Å². The van der Waals surface area contributed by atoms with Crippen molar-refractivity contribution in [2.75, 3.05) is 20.7 Å². The van der Waals surface area contributed by atoms with Crippen LogP contribution < -0.4 is 4.74 Å². The van der Waals surface area contributed by atoms with Crippen LogP contribution in [0.1, 0.15) is 21.5 Å². The summed E-state index contributed by atoms with van der Waals surface area (Å²) in [6, 6.07) is 10.9. The molecule has 2 aromatic rings. The first kappa shape index (κ1) is 20.2. The van der Waals surface area contributed by atoms with Crippen molar-refractivity contribution in [2.45, 2.75) is 6.18 Å². The zero-order valence-corrected chi connectivity index (χ0v) is 14.8. The predicted molar refractivity (Wildman–Crippen MR) is 95.4 cm³/mol. The number of ether oxygens (including phenoxy) is 1. The molecule has 2 rings (SSSR count). The molecule has 4 nitrogen and oxygen atoms in total. The normalized spacial score (nSPS) is 11.4. The maximum absolute atomic E-state index is 12.7. The van der Waals surface area contributed by atoms with E-state index in [1.807, 2.05) is 0 Å². The molecule has 0 saturated carbocycles. The van der Waals surface area contributed by atoms with Crippen LogP contribution in [0.5, 0.6) is 5.75 Å². The number of hydrogen-bond acceptors (Lipinski definition) is 3. The first-order valence-corrected chi connectivity index (χ1v) is 7.99. The third kappa shape index (κ3) is 5.99. The smallest absolute Gasteiger partial charge is 0.416 e. The van der Waals surface area contributed by atoms with Crippen molar-refractivity contribution in [1.82, 2.24) is 4.90 Å². The number of hydrogen-bond donors (Lipinski definition) is 0. The van der Waals surface area contributed by atoms with Gasteiger partial charge in [-0.25, -0.2) is 0 Å². The lowest BCUT2D eigenvalue weighted by molar-refractivity contribution is -0.137. The summed E-state index contributed by atoms with van der Waals surface area (Å²) in [5.41, 5.74) is -0.143. The van der Waals surface area contributed by atoms with Crippen molar-refractivity contribution in [3.05, 3.63) is 71.3 Å². The van der Waals surface area contributed by atoms with E-state index in [1.54, 1.807) is 26.2 Å². The number of carbonyl (C=O) groups is 2. The van der Waals surface area contributed by atoms with E-state index in [0.717, 1.165) is 12.1 Å². The van der Waals surface area contributed by atoms with E-state index in [1.165, 1.54) is 41.3 Å². The van der Waals surface area contributed by atoms with Gasteiger partial charge in [0.2, 0.25) is 0 Å². The Bertz CT molecular complexity index is 840. The van der Waals surface area contributed by atoms with Gasteiger partial charge in [0.25, 0.3) is 5.91 Å². The highest BCUT2D eigenvalue weighted by Gasteiger charge is 2.30. The van der Waals surface area contributed by atoms with Gasteiger partial charge in [0.05, 0.1) is 5.56 Å². The molecule has 0 aromatic heterocycles. The Labute approximate surface area is 154 Å². The molecule has 7 heteroatoms. The van der Waals surface area contributed by atoms with Crippen LogP contribution in [-0.2, 0) is 11.0 Å². The van der Waals surface area contributed by atoms with Crippen molar-refractivity contribution in [1.29, 1.82) is 0 Å². The summed E-state index contributed by atoms with van der Waals surface area (Å²) in [4.78, 5) is 25.0. The van der Waals surface area contributed by atoms with Gasteiger partial charge in [-0.3, -0.25) is 9.59 Å². The molecular formula is C20H18F3NO3. The quantitative estimate of drug-likeness (QED) is 0.563. The van der Waals surface area contributed by atoms with Crippen molar-refractivity contribution >= 4 is 17.8 Å². The number of likely N-dealkylation sites (N-methyl/N-ethyl adjacent to an activating group) is 1. The van der Waals surface area contributed by atoms with Crippen LogP contribution in [0, 0.1) is 0 Å². The summed E-state index contributed by atoms with van der Waals surface area (Å²) < 4.78 is 43.4. The molecule has 0 saturated heterocycles. The Kier molecular flexibility index (Phi) is 6.39. The van der Waals surface area contributed by atoms with E-state index in [0.29, 0.717) is 11.3 Å². The third-order valence-electron chi connectivity index (χ3n) is 3.64. The van der Waals surface area contributed by atoms with Crippen LogP contribution in [0.2, 0.25) is 0 Å². The number of allylic oxidation sites excluding steroid dienone is 1. The fraction of sp³-hybridized carbons (Fsp3) is 0.200. The summed E-state index contributed by atoms with van der Waals surface area (Å²) >= 11 is 0. The summed E-state index contributed by atoms with van der Waals surface area (Å²) in [7, 11) is 3.23. The minimum atomic E-state index is -4.43. The van der Waals surface area contributed by atoms with E-state index < -0.39 is 11.7 Å². The molecule has 27 heavy (non-hydrogen) atoms. The highest BCUT2D eigenvalue weighted by atomic mass is 19.4. The van der Waals surface area contributed by atoms with Crippen molar-refractivity contribution < 1.29 is 27.5 Å². The third-order valence-corrected chi connectivity index (χ3v) is 3.64. The van der Waals surface area contributed by atoms with Gasteiger partial charge in [-0.1, -0.05) is 18.2 Å². The average Bonchev–Trinajstić information content (AvgIpc) is 2.64. The highest BCUT2D eigenvalue weighted by molar-refractivity contribution is 6.06. The highest BCUT2D eigenvalue weighted by Crippen LogP contribution is 2.29. The fourth-order valence-corrected chi connectivity index (χ4v) is 2.08. The van der Waals surface area contributed by atoms with Crippen LogP contribution in [-0.4, -0.2) is 37.3 Å². The van der Waals surface area contributed by atoms with Crippen LogP contribution >= 0.6 is 0 Å². The van der Waals surface area contributed by atoms with Crippen LogP contribution in [0.15, 0.2) is 54.6 Å². The molecule has 0 fully saturated rings. The maximum Gasteiger partial charge on any atom is 0.416 e. The molecule has 0 spiro atoms. The monoisotopic (exact) mass is 377 g/mol. The number of carbonyl (C=O) groups excluding carboxylic acids is 2. The number of nitrogens with zero attached hydrogens (tertiary/aromatic N) is 1. The zero-order valence-electron chi connectivity index (χ0n) is 14.8. The van der Waals surface area contributed by atoms with Gasteiger partial charge < -0.3 is 9.64 Å². The van der Waals surface area contributed by atoms with Gasteiger partial charge in [-0.15, -0.1) is 0 Å². The molecule has 0 unspecified atom stereocenters. The minimum Gasteiger partial charge on any atom is -0.484 e. The van der Waals surface area contributed by atoms with E-state index in [-0.39, 0.29) is 23.9 Å². The zero-order chi connectivity index (χ0) is 20.0. The number of rotatable bonds is 6. The van der Waals surface area contributed by atoms with Gasteiger partial charge in [0, 0.05) is 19.7 Å². The molecule has 142 valence electrons. The second kappa shape index (κ2) is 8.53. The molecule has 0 bridgehead atoms. The first-order chi connectivity index (χ1) is 12.7. The Hall–Kier alpha value is -3.09. The van der Waals surface area contributed by atoms with E-state index in [4.69, 9.17) is 4.74 Å².